The molecule has 1 saturated heterocycles. The van der Waals surface area contributed by atoms with E-state index in [1.54, 1.807) is 0 Å². The molecule has 4 nitrogen and oxygen atoms in total. The van der Waals surface area contributed by atoms with E-state index < -0.39 is 0 Å². The van der Waals surface area contributed by atoms with E-state index in [2.05, 4.69) is 30.0 Å². The minimum absolute atomic E-state index is 0.0964. The molecule has 0 aliphatic carbocycles. The van der Waals surface area contributed by atoms with Crippen molar-refractivity contribution in [2.45, 2.75) is 19.9 Å². The van der Waals surface area contributed by atoms with Crippen LogP contribution >= 0.6 is 0 Å². The number of piperazine rings is 1. The quantitative estimate of drug-likeness (QED) is 0.858. The summed E-state index contributed by atoms with van der Waals surface area (Å²) in [6.07, 6.45) is 5.33. The molecule has 0 spiro atoms. The average Bonchev–Trinajstić information content (AvgIpc) is 2.48. The number of carbonyl (C=O) groups is 1. The van der Waals surface area contributed by atoms with Crippen molar-refractivity contribution in [1.82, 2.24) is 9.80 Å². The van der Waals surface area contributed by atoms with Gasteiger partial charge in [-0.2, -0.15) is 0 Å². The molecular weight excluding hydrogens is 262 g/mol. The molecule has 1 aliphatic rings. The van der Waals surface area contributed by atoms with Crippen LogP contribution in [0.4, 0.5) is 5.69 Å². The van der Waals surface area contributed by atoms with Crippen LogP contribution in [0.3, 0.4) is 0 Å². The predicted octanol–water partition coefficient (Wildman–Crippen LogP) is 1.90. The maximum Gasteiger partial charge on any atom is 0.256 e. The lowest BCUT2D eigenvalue weighted by Gasteiger charge is -2.34. The topological polar surface area (TPSA) is 35.6 Å². The highest BCUT2D eigenvalue weighted by Gasteiger charge is 2.23. The molecule has 4 heteroatoms. The monoisotopic (exact) mass is 285 g/mol. The molecule has 1 aliphatic heterocycles. The average molecular weight is 285 g/mol. The third-order valence-electron chi connectivity index (χ3n) is 3.58. The molecular formula is C17H23N3O. The van der Waals surface area contributed by atoms with E-state index >= 15 is 0 Å². The SMILES string of the molecule is C#CCN1CCN(C(=O)c2ccccc2NC(C)C)CC1. The van der Waals surface area contributed by atoms with Gasteiger partial charge in [0.05, 0.1) is 12.1 Å². The summed E-state index contributed by atoms with van der Waals surface area (Å²) >= 11 is 0. The Bertz CT molecular complexity index is 525. The summed E-state index contributed by atoms with van der Waals surface area (Å²) in [6, 6.07) is 8.01. The zero-order chi connectivity index (χ0) is 15.2. The number of nitrogens with zero attached hydrogens (tertiary/aromatic N) is 2. The summed E-state index contributed by atoms with van der Waals surface area (Å²) in [7, 11) is 0. The molecule has 2 rings (SSSR count). The smallest absolute Gasteiger partial charge is 0.256 e. The molecule has 1 N–H and O–H groups in total. The van der Waals surface area contributed by atoms with Crippen LogP contribution in [-0.4, -0.2) is 54.5 Å². The molecule has 0 aromatic heterocycles. The van der Waals surface area contributed by atoms with Crippen LogP contribution in [0.25, 0.3) is 0 Å². The Morgan fingerprint density at radius 2 is 1.95 bits per heavy atom. The van der Waals surface area contributed by atoms with Crippen LogP contribution < -0.4 is 5.32 Å². The van der Waals surface area contributed by atoms with Crippen molar-refractivity contribution < 1.29 is 4.79 Å². The van der Waals surface area contributed by atoms with E-state index in [4.69, 9.17) is 6.42 Å². The van der Waals surface area contributed by atoms with Crippen molar-refractivity contribution in [3.63, 3.8) is 0 Å². The summed E-state index contributed by atoms with van der Waals surface area (Å²) < 4.78 is 0. The van der Waals surface area contributed by atoms with E-state index in [0.717, 1.165) is 37.4 Å². The molecule has 1 amide bonds. The fraction of sp³-hybridized carbons (Fsp3) is 0.471. The van der Waals surface area contributed by atoms with Crippen LogP contribution in [0.5, 0.6) is 0 Å². The first kappa shape index (κ1) is 15.4. The number of hydrogen-bond donors (Lipinski definition) is 1. The maximum atomic E-state index is 12.7. The molecule has 0 unspecified atom stereocenters. The highest BCUT2D eigenvalue weighted by Crippen LogP contribution is 2.19. The van der Waals surface area contributed by atoms with Crippen LogP contribution in [0.15, 0.2) is 24.3 Å². The normalized spacial score (nSPS) is 15.8. The van der Waals surface area contributed by atoms with Gasteiger partial charge in [-0.3, -0.25) is 9.69 Å². The van der Waals surface area contributed by atoms with Crippen molar-refractivity contribution in [3.8, 4) is 12.3 Å². The molecule has 1 fully saturated rings. The van der Waals surface area contributed by atoms with Gasteiger partial charge in [-0.05, 0) is 26.0 Å². The van der Waals surface area contributed by atoms with Gasteiger partial charge >= 0.3 is 0 Å². The van der Waals surface area contributed by atoms with Gasteiger partial charge in [0.25, 0.3) is 5.91 Å². The molecule has 1 aromatic rings. The Balaban J connectivity index is 2.06. The number of terminal acetylenes is 1. The minimum atomic E-state index is 0.0964. The van der Waals surface area contributed by atoms with Crippen LogP contribution in [0, 0.1) is 12.3 Å². The van der Waals surface area contributed by atoms with Crippen LogP contribution in [0.1, 0.15) is 24.2 Å². The van der Waals surface area contributed by atoms with Crippen molar-refractivity contribution in [2.75, 3.05) is 38.0 Å². The number of anilines is 1. The Labute approximate surface area is 127 Å². The Morgan fingerprint density at radius 3 is 2.57 bits per heavy atom. The zero-order valence-corrected chi connectivity index (χ0v) is 12.8. The summed E-state index contributed by atoms with van der Waals surface area (Å²) in [4.78, 5) is 16.8. The lowest BCUT2D eigenvalue weighted by atomic mass is 10.1. The van der Waals surface area contributed by atoms with Gasteiger partial charge in [-0.15, -0.1) is 6.42 Å². The van der Waals surface area contributed by atoms with E-state index in [0.29, 0.717) is 12.6 Å². The summed E-state index contributed by atoms with van der Waals surface area (Å²) in [5, 5.41) is 3.34. The lowest BCUT2D eigenvalue weighted by Crippen LogP contribution is -2.48. The maximum absolute atomic E-state index is 12.7. The standard InChI is InChI=1S/C17H23N3O/c1-4-9-19-10-12-20(13-11-19)17(21)15-7-5-6-8-16(15)18-14(2)3/h1,5-8,14,18H,9-13H2,2-3H3. The van der Waals surface area contributed by atoms with E-state index in [-0.39, 0.29) is 5.91 Å². The van der Waals surface area contributed by atoms with Gasteiger partial charge < -0.3 is 10.2 Å². The van der Waals surface area contributed by atoms with E-state index in [9.17, 15) is 4.79 Å². The number of nitrogens with one attached hydrogen (secondary N) is 1. The fourth-order valence-electron chi connectivity index (χ4n) is 2.51. The summed E-state index contributed by atoms with van der Waals surface area (Å²) in [5.41, 5.74) is 1.65. The van der Waals surface area contributed by atoms with Crippen LogP contribution in [-0.2, 0) is 0 Å². The number of carbonyl (C=O) groups excluding carboxylic acids is 1. The first-order chi connectivity index (χ1) is 10.1. The first-order valence-electron chi connectivity index (χ1n) is 7.42. The highest BCUT2D eigenvalue weighted by atomic mass is 16.2. The van der Waals surface area contributed by atoms with Gasteiger partial charge in [0.2, 0.25) is 0 Å². The van der Waals surface area contributed by atoms with Gasteiger partial charge in [0, 0.05) is 37.9 Å². The number of rotatable bonds is 4. The highest BCUT2D eigenvalue weighted by molar-refractivity contribution is 5.99. The molecule has 0 saturated carbocycles. The van der Waals surface area contributed by atoms with Crippen molar-refractivity contribution in [1.29, 1.82) is 0 Å². The molecule has 1 heterocycles. The molecule has 0 radical (unpaired) electrons. The third kappa shape index (κ3) is 3.99. The predicted molar refractivity (Wildman–Crippen MR) is 86.4 cm³/mol. The molecule has 21 heavy (non-hydrogen) atoms. The number of para-hydroxylation sites is 1. The molecule has 112 valence electrons. The van der Waals surface area contributed by atoms with Crippen molar-refractivity contribution in [2.24, 2.45) is 0 Å². The Morgan fingerprint density at radius 1 is 1.29 bits per heavy atom. The first-order valence-corrected chi connectivity index (χ1v) is 7.42. The Kier molecular flexibility index (Phi) is 5.24. The molecule has 1 aromatic carbocycles. The second-order valence-electron chi connectivity index (χ2n) is 5.62. The number of benzene rings is 1. The summed E-state index contributed by atoms with van der Waals surface area (Å²) in [6.45, 7) is 7.95. The van der Waals surface area contributed by atoms with Crippen LogP contribution in [0.2, 0.25) is 0 Å². The van der Waals surface area contributed by atoms with Gasteiger partial charge in [-0.25, -0.2) is 0 Å². The van der Waals surface area contributed by atoms with E-state index in [1.807, 2.05) is 29.2 Å². The van der Waals surface area contributed by atoms with Crippen molar-refractivity contribution >= 4 is 11.6 Å². The number of amides is 1. The Hall–Kier alpha value is -1.99. The van der Waals surface area contributed by atoms with E-state index in [1.165, 1.54) is 0 Å². The minimum Gasteiger partial charge on any atom is -0.382 e. The van der Waals surface area contributed by atoms with Gasteiger partial charge in [0.15, 0.2) is 0 Å². The molecule has 0 atom stereocenters. The number of hydrogen-bond acceptors (Lipinski definition) is 3. The van der Waals surface area contributed by atoms with Gasteiger partial charge in [0.1, 0.15) is 0 Å². The lowest BCUT2D eigenvalue weighted by molar-refractivity contribution is 0.0653. The third-order valence-corrected chi connectivity index (χ3v) is 3.58. The fourth-order valence-corrected chi connectivity index (χ4v) is 2.51. The van der Waals surface area contributed by atoms with Gasteiger partial charge in [-0.1, -0.05) is 18.1 Å². The second-order valence-corrected chi connectivity index (χ2v) is 5.62. The molecule has 0 bridgehead atoms. The zero-order valence-electron chi connectivity index (χ0n) is 12.8. The largest absolute Gasteiger partial charge is 0.382 e. The second kappa shape index (κ2) is 7.14. The summed E-state index contributed by atoms with van der Waals surface area (Å²) in [5.74, 6) is 2.75. The van der Waals surface area contributed by atoms with Crippen molar-refractivity contribution in [3.05, 3.63) is 29.8 Å².